The second kappa shape index (κ2) is 6.32. The molecule has 1 N–H and O–H groups in total. The first kappa shape index (κ1) is 15.3. The van der Waals surface area contributed by atoms with Crippen molar-refractivity contribution < 1.29 is 14.2 Å². The van der Waals surface area contributed by atoms with Gasteiger partial charge in [-0.3, -0.25) is 0 Å². The van der Waals surface area contributed by atoms with Gasteiger partial charge in [0, 0.05) is 19.0 Å². The van der Waals surface area contributed by atoms with Gasteiger partial charge in [-0.2, -0.15) is 5.10 Å². The third kappa shape index (κ3) is 2.91. The molecule has 0 spiro atoms. The summed E-state index contributed by atoms with van der Waals surface area (Å²) in [4.78, 5) is 4.45. The van der Waals surface area contributed by atoms with Crippen molar-refractivity contribution >= 4 is 0 Å². The Bertz CT molecular complexity index is 726. The van der Waals surface area contributed by atoms with E-state index in [1.807, 2.05) is 23.7 Å². The van der Waals surface area contributed by atoms with Crippen molar-refractivity contribution in [3.63, 3.8) is 0 Å². The molecule has 1 aromatic heterocycles. The predicted octanol–water partition coefficient (Wildman–Crippen LogP) is 1.47. The van der Waals surface area contributed by atoms with Crippen LogP contribution in [0.25, 0.3) is 0 Å². The number of hydrogen-bond donors (Lipinski definition) is 1. The summed E-state index contributed by atoms with van der Waals surface area (Å²) >= 11 is 0. The number of nitrogens with one attached hydrogen (secondary N) is 1. The Balaban J connectivity index is 1.44. The molecule has 3 heterocycles. The second-order valence-corrected chi connectivity index (χ2v) is 6.20. The van der Waals surface area contributed by atoms with Gasteiger partial charge >= 0.3 is 0 Å². The fourth-order valence-corrected chi connectivity index (χ4v) is 3.29. The summed E-state index contributed by atoms with van der Waals surface area (Å²) in [6.45, 7) is 4.68. The summed E-state index contributed by atoms with van der Waals surface area (Å²) < 4.78 is 18.8. The predicted molar refractivity (Wildman–Crippen MR) is 87.7 cm³/mol. The summed E-state index contributed by atoms with van der Waals surface area (Å²) in [5, 5.41) is 8.06. The Hall–Kier alpha value is -2.28. The van der Waals surface area contributed by atoms with Crippen molar-refractivity contribution in [3.05, 3.63) is 29.3 Å². The van der Waals surface area contributed by atoms with Crippen LogP contribution in [-0.2, 0) is 19.5 Å². The zero-order valence-electron chi connectivity index (χ0n) is 14.0. The van der Waals surface area contributed by atoms with Crippen molar-refractivity contribution in [1.29, 1.82) is 0 Å². The van der Waals surface area contributed by atoms with Gasteiger partial charge < -0.3 is 19.5 Å². The third-order valence-electron chi connectivity index (χ3n) is 4.45. The van der Waals surface area contributed by atoms with Gasteiger partial charge in [-0.25, -0.2) is 9.67 Å². The molecule has 7 heteroatoms. The van der Waals surface area contributed by atoms with Crippen molar-refractivity contribution in [1.82, 2.24) is 20.1 Å². The van der Waals surface area contributed by atoms with Crippen LogP contribution < -0.4 is 19.5 Å². The smallest absolute Gasteiger partial charge is 0.203 e. The minimum atomic E-state index is 0.387. The second-order valence-electron chi connectivity index (χ2n) is 6.20. The lowest BCUT2D eigenvalue weighted by atomic mass is 10.1. The molecule has 0 radical (unpaired) electrons. The number of benzene rings is 1. The lowest BCUT2D eigenvalue weighted by molar-refractivity contribution is 0.165. The highest BCUT2D eigenvalue weighted by Crippen LogP contribution is 2.40. The van der Waals surface area contributed by atoms with E-state index >= 15 is 0 Å². The molecule has 1 atom stereocenters. The van der Waals surface area contributed by atoms with Gasteiger partial charge in [-0.15, -0.1) is 0 Å². The molecule has 0 aliphatic carbocycles. The Labute approximate surface area is 140 Å². The quantitative estimate of drug-likeness (QED) is 0.915. The van der Waals surface area contributed by atoms with Crippen molar-refractivity contribution in [2.75, 3.05) is 20.3 Å². The maximum absolute atomic E-state index is 5.69. The SMILES string of the molecule is COc1cc(CN[C@@H]2CCc3nc(C)nn3C2)cc2c1OCCO2. The number of fused-ring (bicyclic) bond motifs is 2. The lowest BCUT2D eigenvalue weighted by Gasteiger charge is -2.25. The molecule has 2 aliphatic rings. The Morgan fingerprint density at radius 1 is 1.33 bits per heavy atom. The van der Waals surface area contributed by atoms with Gasteiger partial charge in [0.25, 0.3) is 0 Å². The van der Waals surface area contributed by atoms with Crippen molar-refractivity contribution in [2.24, 2.45) is 0 Å². The Morgan fingerprint density at radius 3 is 3.08 bits per heavy atom. The van der Waals surface area contributed by atoms with E-state index in [1.54, 1.807) is 7.11 Å². The first-order valence-corrected chi connectivity index (χ1v) is 8.33. The van der Waals surface area contributed by atoms with E-state index in [2.05, 4.69) is 15.4 Å². The highest BCUT2D eigenvalue weighted by molar-refractivity contribution is 5.54. The maximum Gasteiger partial charge on any atom is 0.203 e. The van der Waals surface area contributed by atoms with Gasteiger partial charge in [0.1, 0.15) is 24.9 Å². The molecule has 24 heavy (non-hydrogen) atoms. The number of hydrogen-bond acceptors (Lipinski definition) is 6. The Morgan fingerprint density at radius 2 is 2.21 bits per heavy atom. The molecule has 0 amide bonds. The summed E-state index contributed by atoms with van der Waals surface area (Å²) in [6.07, 6.45) is 2.03. The van der Waals surface area contributed by atoms with Gasteiger partial charge in [0.15, 0.2) is 11.5 Å². The van der Waals surface area contributed by atoms with Crippen LogP contribution in [0.5, 0.6) is 17.2 Å². The maximum atomic E-state index is 5.69. The van der Waals surface area contributed by atoms with Crippen LogP contribution in [0.4, 0.5) is 0 Å². The first-order valence-electron chi connectivity index (χ1n) is 8.33. The molecular weight excluding hydrogens is 308 g/mol. The van der Waals surface area contributed by atoms with E-state index in [0.717, 1.165) is 54.6 Å². The first-order chi connectivity index (χ1) is 11.7. The van der Waals surface area contributed by atoms with Gasteiger partial charge in [-0.05, 0) is 31.0 Å². The molecule has 0 saturated carbocycles. The molecule has 0 bridgehead atoms. The number of aryl methyl sites for hydroxylation is 2. The van der Waals surface area contributed by atoms with Crippen LogP contribution in [0.15, 0.2) is 12.1 Å². The summed E-state index contributed by atoms with van der Waals surface area (Å²) in [5.41, 5.74) is 1.12. The van der Waals surface area contributed by atoms with Crippen LogP contribution in [-0.4, -0.2) is 41.1 Å². The molecule has 0 saturated heterocycles. The number of ether oxygens (including phenoxy) is 3. The molecule has 7 nitrogen and oxygen atoms in total. The van der Waals surface area contributed by atoms with E-state index in [0.29, 0.717) is 25.0 Å². The number of aromatic nitrogens is 3. The summed E-state index contributed by atoms with van der Waals surface area (Å²) in [6, 6.07) is 4.42. The zero-order valence-corrected chi connectivity index (χ0v) is 14.0. The largest absolute Gasteiger partial charge is 0.493 e. The highest BCUT2D eigenvalue weighted by Gasteiger charge is 2.22. The number of methoxy groups -OCH3 is 1. The zero-order chi connectivity index (χ0) is 16.5. The monoisotopic (exact) mass is 330 g/mol. The minimum absolute atomic E-state index is 0.387. The van der Waals surface area contributed by atoms with Gasteiger partial charge in [0.05, 0.1) is 13.7 Å². The fourth-order valence-electron chi connectivity index (χ4n) is 3.29. The van der Waals surface area contributed by atoms with Crippen LogP contribution in [0.3, 0.4) is 0 Å². The van der Waals surface area contributed by atoms with E-state index in [1.165, 1.54) is 0 Å². The average Bonchev–Trinajstić information content (AvgIpc) is 2.98. The topological polar surface area (TPSA) is 70.4 Å². The third-order valence-corrected chi connectivity index (χ3v) is 4.45. The van der Waals surface area contributed by atoms with Crippen molar-refractivity contribution in [3.8, 4) is 17.2 Å². The normalized spacial score (nSPS) is 19.0. The molecular formula is C17H22N4O3. The van der Waals surface area contributed by atoms with Gasteiger partial charge in [-0.1, -0.05) is 0 Å². The van der Waals surface area contributed by atoms with E-state index in [-0.39, 0.29) is 0 Å². The summed E-state index contributed by atoms with van der Waals surface area (Å²) in [7, 11) is 1.65. The van der Waals surface area contributed by atoms with Crippen molar-refractivity contribution in [2.45, 2.75) is 38.9 Å². The standard InChI is InChI=1S/C17H22N4O3/c1-11-19-16-4-3-13(10-21(16)20-11)18-9-12-7-14(22-2)17-15(8-12)23-5-6-24-17/h7-8,13,18H,3-6,9-10H2,1-2H3/t13-/m1/s1. The summed E-state index contributed by atoms with van der Waals surface area (Å²) in [5.74, 6) is 4.12. The van der Waals surface area contributed by atoms with Crippen LogP contribution >= 0.6 is 0 Å². The Kier molecular flexibility index (Phi) is 4.02. The average molecular weight is 330 g/mol. The molecule has 2 aromatic rings. The molecule has 128 valence electrons. The number of nitrogens with zero attached hydrogens (tertiary/aromatic N) is 3. The van der Waals surface area contributed by atoms with Crippen LogP contribution in [0, 0.1) is 6.92 Å². The molecule has 2 aliphatic heterocycles. The molecule has 4 rings (SSSR count). The molecule has 0 fully saturated rings. The molecule has 1 aromatic carbocycles. The van der Waals surface area contributed by atoms with Crippen LogP contribution in [0.1, 0.15) is 23.6 Å². The fraction of sp³-hybridized carbons (Fsp3) is 0.529. The van der Waals surface area contributed by atoms with E-state index in [9.17, 15) is 0 Å². The van der Waals surface area contributed by atoms with E-state index in [4.69, 9.17) is 14.2 Å². The van der Waals surface area contributed by atoms with E-state index < -0.39 is 0 Å². The van der Waals surface area contributed by atoms with Crippen LogP contribution in [0.2, 0.25) is 0 Å². The number of rotatable bonds is 4. The highest BCUT2D eigenvalue weighted by atomic mass is 16.6. The van der Waals surface area contributed by atoms with Gasteiger partial charge in [0.2, 0.25) is 5.75 Å². The lowest BCUT2D eigenvalue weighted by Crippen LogP contribution is -2.37. The minimum Gasteiger partial charge on any atom is -0.493 e. The molecule has 0 unspecified atom stereocenters.